The average molecular weight is 386 g/mol. The molecular weight excluding hydrogens is 370 g/mol. The summed E-state index contributed by atoms with van der Waals surface area (Å²) in [6.07, 6.45) is 1.79. The van der Waals surface area contributed by atoms with Crippen LogP contribution in [0.2, 0.25) is 0 Å². The van der Waals surface area contributed by atoms with E-state index >= 15 is 0 Å². The van der Waals surface area contributed by atoms with Gasteiger partial charge in [-0.3, -0.25) is 0 Å². The Hall–Kier alpha value is -0.690. The van der Waals surface area contributed by atoms with Gasteiger partial charge in [0.2, 0.25) is 0 Å². The van der Waals surface area contributed by atoms with Crippen LogP contribution in [-0.2, 0) is 10.0 Å². The molecule has 3 nitrogen and oxygen atoms in total. The lowest BCUT2D eigenvalue weighted by atomic mass is 10.0. The van der Waals surface area contributed by atoms with Crippen LogP contribution in [0.5, 0.6) is 0 Å². The second kappa shape index (κ2) is 5.83. The Bertz CT molecular complexity index is 737. The molecule has 1 aliphatic rings. The predicted molar refractivity (Wildman–Crippen MR) is 89.1 cm³/mol. The van der Waals surface area contributed by atoms with Crippen molar-refractivity contribution in [3.63, 3.8) is 0 Å². The number of nitrogens with zero attached hydrogens (tertiary/aromatic N) is 1. The molecule has 0 aliphatic carbocycles. The Morgan fingerprint density at radius 1 is 1.19 bits per heavy atom. The topological polar surface area (TPSA) is 37.4 Å². The van der Waals surface area contributed by atoms with E-state index < -0.39 is 10.0 Å². The molecule has 1 aliphatic heterocycles. The number of rotatable bonds is 3. The minimum Gasteiger partial charge on any atom is -0.206 e. The molecule has 2 heterocycles. The minimum absolute atomic E-state index is 0.0449. The van der Waals surface area contributed by atoms with Crippen molar-refractivity contribution in [1.82, 2.24) is 4.31 Å². The Kier molecular flexibility index (Phi) is 4.23. The van der Waals surface area contributed by atoms with Gasteiger partial charge in [-0.25, -0.2) is 8.42 Å². The summed E-state index contributed by atoms with van der Waals surface area (Å²) in [5, 5.41) is 0. The van der Waals surface area contributed by atoms with Crippen LogP contribution in [0.4, 0.5) is 0 Å². The molecule has 1 atom stereocenters. The maximum absolute atomic E-state index is 12.8. The van der Waals surface area contributed by atoms with Gasteiger partial charge in [0.05, 0.1) is 9.83 Å². The molecule has 112 valence electrons. The molecule has 1 aromatic heterocycles. The number of thiophene rings is 1. The summed E-state index contributed by atoms with van der Waals surface area (Å²) in [6, 6.07) is 11.6. The third-order valence-electron chi connectivity index (χ3n) is 3.78. The van der Waals surface area contributed by atoms with E-state index in [4.69, 9.17) is 0 Å². The normalized spacial score (nSPS) is 20.0. The number of benzene rings is 1. The molecule has 0 spiro atoms. The van der Waals surface area contributed by atoms with Crippen molar-refractivity contribution in [3.8, 4) is 0 Å². The third-order valence-corrected chi connectivity index (χ3v) is 7.78. The summed E-state index contributed by atoms with van der Waals surface area (Å²) in [5.74, 6) is 0. The van der Waals surface area contributed by atoms with E-state index in [0.29, 0.717) is 10.8 Å². The lowest BCUT2D eigenvalue weighted by Crippen LogP contribution is -2.30. The van der Waals surface area contributed by atoms with Crippen LogP contribution in [0.1, 0.15) is 30.0 Å². The number of halogens is 1. The summed E-state index contributed by atoms with van der Waals surface area (Å²) in [4.78, 5) is 0. The van der Waals surface area contributed by atoms with Gasteiger partial charge < -0.3 is 0 Å². The first-order valence-corrected chi connectivity index (χ1v) is 9.87. The highest BCUT2D eigenvalue weighted by Crippen LogP contribution is 2.38. The minimum atomic E-state index is -3.40. The molecule has 0 bridgehead atoms. The molecule has 1 aromatic carbocycles. The van der Waals surface area contributed by atoms with Crippen LogP contribution >= 0.6 is 27.3 Å². The average Bonchev–Trinajstić information content (AvgIpc) is 3.08. The molecule has 0 saturated carbocycles. The molecule has 3 rings (SSSR count). The van der Waals surface area contributed by atoms with Crippen LogP contribution < -0.4 is 0 Å². The van der Waals surface area contributed by atoms with Gasteiger partial charge in [0, 0.05) is 6.54 Å². The van der Waals surface area contributed by atoms with Crippen molar-refractivity contribution in [1.29, 1.82) is 0 Å². The van der Waals surface area contributed by atoms with Crippen LogP contribution in [-0.4, -0.2) is 19.3 Å². The maximum atomic E-state index is 12.8. The van der Waals surface area contributed by atoms with Crippen molar-refractivity contribution < 1.29 is 8.42 Å². The van der Waals surface area contributed by atoms with Crippen LogP contribution in [0, 0.1) is 6.92 Å². The fraction of sp³-hybridized carbons (Fsp3) is 0.333. The van der Waals surface area contributed by atoms with Gasteiger partial charge in [-0.05, 0) is 53.4 Å². The van der Waals surface area contributed by atoms with Gasteiger partial charge >= 0.3 is 0 Å². The van der Waals surface area contributed by atoms with E-state index in [-0.39, 0.29) is 6.04 Å². The van der Waals surface area contributed by atoms with Crippen LogP contribution in [0.15, 0.2) is 44.4 Å². The quantitative estimate of drug-likeness (QED) is 0.787. The molecular formula is C15H16BrNO2S2. The summed E-state index contributed by atoms with van der Waals surface area (Å²) in [5.41, 5.74) is 2.27. The Morgan fingerprint density at radius 3 is 2.52 bits per heavy atom. The summed E-state index contributed by atoms with van der Waals surface area (Å²) >= 11 is 4.60. The fourth-order valence-corrected chi connectivity index (χ4v) is 6.52. The number of hydrogen-bond acceptors (Lipinski definition) is 3. The van der Waals surface area contributed by atoms with E-state index in [1.807, 2.05) is 31.2 Å². The van der Waals surface area contributed by atoms with Gasteiger partial charge in [0.15, 0.2) is 0 Å². The molecule has 0 radical (unpaired) electrons. The number of sulfonamides is 1. The van der Waals surface area contributed by atoms with Gasteiger partial charge in [0.1, 0.15) is 4.21 Å². The zero-order valence-electron chi connectivity index (χ0n) is 11.6. The number of aryl methyl sites for hydroxylation is 1. The molecule has 21 heavy (non-hydrogen) atoms. The Balaban J connectivity index is 1.95. The predicted octanol–water partition coefficient (Wildman–Crippen LogP) is 4.34. The van der Waals surface area contributed by atoms with E-state index in [1.54, 1.807) is 16.4 Å². The molecule has 0 amide bonds. The highest BCUT2D eigenvalue weighted by atomic mass is 79.9. The lowest BCUT2D eigenvalue weighted by Gasteiger charge is -2.23. The first-order chi connectivity index (χ1) is 9.98. The third kappa shape index (κ3) is 2.95. The fourth-order valence-electron chi connectivity index (χ4n) is 2.70. The molecule has 0 unspecified atom stereocenters. The Labute approximate surface area is 137 Å². The molecule has 1 fully saturated rings. The first kappa shape index (κ1) is 15.2. The molecule has 6 heteroatoms. The number of hydrogen-bond donors (Lipinski definition) is 0. The van der Waals surface area contributed by atoms with Crippen molar-refractivity contribution in [2.75, 3.05) is 6.54 Å². The summed E-state index contributed by atoms with van der Waals surface area (Å²) in [7, 11) is -3.40. The SMILES string of the molecule is Cc1ccc([C@@H]2CCCN2S(=O)(=O)c2ccc(Br)s2)cc1. The smallest absolute Gasteiger partial charge is 0.206 e. The summed E-state index contributed by atoms with van der Waals surface area (Å²) in [6.45, 7) is 2.63. The second-order valence-corrected chi connectivity index (χ2v) is 9.82. The Morgan fingerprint density at radius 2 is 1.90 bits per heavy atom. The van der Waals surface area contributed by atoms with Gasteiger partial charge in [-0.2, -0.15) is 4.31 Å². The standard InChI is InChI=1S/C15H16BrNO2S2/c1-11-4-6-12(7-5-11)13-3-2-10-17(13)21(18,19)15-9-8-14(16)20-15/h4-9,13H,2-3,10H2,1H3/t13-/m0/s1. The molecule has 1 saturated heterocycles. The van der Waals surface area contributed by atoms with E-state index in [0.717, 1.165) is 22.2 Å². The highest BCUT2D eigenvalue weighted by Gasteiger charge is 2.36. The van der Waals surface area contributed by atoms with Crippen molar-refractivity contribution in [3.05, 3.63) is 51.3 Å². The van der Waals surface area contributed by atoms with Crippen molar-refractivity contribution >= 4 is 37.3 Å². The maximum Gasteiger partial charge on any atom is 0.253 e. The second-order valence-electron chi connectivity index (χ2n) is 5.24. The van der Waals surface area contributed by atoms with E-state index in [1.165, 1.54) is 16.9 Å². The van der Waals surface area contributed by atoms with Crippen LogP contribution in [0.3, 0.4) is 0 Å². The van der Waals surface area contributed by atoms with Crippen LogP contribution in [0.25, 0.3) is 0 Å². The molecule has 2 aromatic rings. The van der Waals surface area contributed by atoms with Crippen molar-refractivity contribution in [2.45, 2.75) is 30.0 Å². The lowest BCUT2D eigenvalue weighted by molar-refractivity contribution is 0.398. The molecule has 0 N–H and O–H groups in total. The van der Waals surface area contributed by atoms with Gasteiger partial charge in [-0.15, -0.1) is 11.3 Å². The van der Waals surface area contributed by atoms with E-state index in [2.05, 4.69) is 15.9 Å². The zero-order chi connectivity index (χ0) is 15.0. The zero-order valence-corrected chi connectivity index (χ0v) is 14.8. The highest BCUT2D eigenvalue weighted by molar-refractivity contribution is 9.11. The first-order valence-electron chi connectivity index (χ1n) is 6.82. The van der Waals surface area contributed by atoms with Gasteiger partial charge in [-0.1, -0.05) is 29.8 Å². The van der Waals surface area contributed by atoms with E-state index in [9.17, 15) is 8.42 Å². The largest absolute Gasteiger partial charge is 0.253 e. The van der Waals surface area contributed by atoms with Crippen molar-refractivity contribution in [2.24, 2.45) is 0 Å². The summed E-state index contributed by atoms with van der Waals surface area (Å²) < 4.78 is 28.5. The van der Waals surface area contributed by atoms with Gasteiger partial charge in [0.25, 0.3) is 10.0 Å². The monoisotopic (exact) mass is 385 g/mol.